The first-order valence-corrected chi connectivity index (χ1v) is 5.20. The van der Waals surface area contributed by atoms with Crippen molar-refractivity contribution < 1.29 is 14.0 Å². The first kappa shape index (κ1) is 12.5. The predicted molar refractivity (Wildman–Crippen MR) is 63.3 cm³/mol. The minimum atomic E-state index is -0.436. The zero-order chi connectivity index (χ0) is 12.2. The number of carbonyl (C=O) groups is 1. The molecule has 16 heavy (non-hydrogen) atoms. The molecule has 88 valence electrons. The van der Waals surface area contributed by atoms with Gasteiger partial charge in [0, 0.05) is 12.6 Å². The summed E-state index contributed by atoms with van der Waals surface area (Å²) in [6.45, 7) is 0.813. The Morgan fingerprint density at radius 2 is 1.94 bits per heavy atom. The molecule has 0 radical (unpaired) electrons. The van der Waals surface area contributed by atoms with Crippen LogP contribution in [0.2, 0.25) is 0 Å². The van der Waals surface area contributed by atoms with Gasteiger partial charge in [-0.05, 0) is 12.1 Å². The summed E-state index contributed by atoms with van der Waals surface area (Å²) < 4.78 is 5.97. The van der Waals surface area contributed by atoms with Crippen LogP contribution >= 0.6 is 0 Å². The number of hydrogen-bond acceptors (Lipinski definition) is 2. The molecule has 4 nitrogen and oxygen atoms in total. The standard InChI is InChI=1S/C12H18N2O2/c1-13-12(15)16-11-8-6-5-7-10(11)9-14(2,3)4/h5-8H,9H2,1-4H3/p+1. The Balaban J connectivity index is 2.87. The zero-order valence-corrected chi connectivity index (χ0v) is 10.3. The van der Waals surface area contributed by atoms with E-state index in [1.165, 1.54) is 0 Å². The predicted octanol–water partition coefficient (Wildman–Crippen LogP) is 1.61. The molecule has 0 saturated heterocycles. The SMILES string of the molecule is CNC(=O)Oc1ccccc1C[N+](C)(C)C. The molecule has 1 aromatic rings. The third-order valence-corrected chi connectivity index (χ3v) is 2.02. The van der Waals surface area contributed by atoms with Crippen molar-refractivity contribution in [3.63, 3.8) is 0 Å². The van der Waals surface area contributed by atoms with Crippen LogP contribution in [0.3, 0.4) is 0 Å². The summed E-state index contributed by atoms with van der Waals surface area (Å²) in [6, 6.07) is 7.58. The van der Waals surface area contributed by atoms with Crippen LogP contribution in [0.1, 0.15) is 5.56 Å². The molecule has 0 fully saturated rings. The Labute approximate surface area is 96.4 Å². The highest BCUT2D eigenvalue weighted by Gasteiger charge is 2.14. The van der Waals surface area contributed by atoms with E-state index in [1.807, 2.05) is 18.2 Å². The highest BCUT2D eigenvalue weighted by atomic mass is 16.6. The molecule has 0 saturated carbocycles. The van der Waals surface area contributed by atoms with E-state index in [2.05, 4.69) is 26.5 Å². The normalized spacial score (nSPS) is 11.0. The zero-order valence-electron chi connectivity index (χ0n) is 10.3. The van der Waals surface area contributed by atoms with E-state index in [9.17, 15) is 4.79 Å². The molecule has 0 unspecified atom stereocenters. The number of rotatable bonds is 3. The molecule has 1 aromatic carbocycles. The van der Waals surface area contributed by atoms with Crippen LogP contribution < -0.4 is 10.1 Å². The third kappa shape index (κ3) is 3.90. The molecule has 0 spiro atoms. The molecule has 1 amide bonds. The van der Waals surface area contributed by atoms with Gasteiger partial charge in [0.05, 0.1) is 21.1 Å². The summed E-state index contributed by atoms with van der Waals surface area (Å²) in [5, 5.41) is 2.44. The van der Waals surface area contributed by atoms with Crippen LogP contribution in [0, 0.1) is 0 Å². The molecule has 0 bridgehead atoms. The number of quaternary nitrogens is 1. The van der Waals surface area contributed by atoms with Gasteiger partial charge in [-0.2, -0.15) is 0 Å². The van der Waals surface area contributed by atoms with Crippen molar-refractivity contribution in [2.75, 3.05) is 28.2 Å². The van der Waals surface area contributed by atoms with E-state index >= 15 is 0 Å². The van der Waals surface area contributed by atoms with Crippen molar-refractivity contribution in [1.82, 2.24) is 5.32 Å². The summed E-state index contributed by atoms with van der Waals surface area (Å²) in [6.07, 6.45) is -0.436. The Hall–Kier alpha value is -1.55. The van der Waals surface area contributed by atoms with Gasteiger partial charge in [-0.3, -0.25) is 0 Å². The van der Waals surface area contributed by atoms with E-state index in [4.69, 9.17) is 4.74 Å². The van der Waals surface area contributed by atoms with E-state index in [-0.39, 0.29) is 0 Å². The summed E-state index contributed by atoms with van der Waals surface area (Å²) in [7, 11) is 7.83. The fourth-order valence-corrected chi connectivity index (χ4v) is 1.40. The quantitative estimate of drug-likeness (QED) is 0.791. The van der Waals surface area contributed by atoms with Gasteiger partial charge in [-0.1, -0.05) is 12.1 Å². The highest BCUT2D eigenvalue weighted by Crippen LogP contribution is 2.20. The minimum Gasteiger partial charge on any atom is -0.410 e. The van der Waals surface area contributed by atoms with Crippen molar-refractivity contribution in [2.24, 2.45) is 0 Å². The van der Waals surface area contributed by atoms with Crippen LogP contribution in [-0.4, -0.2) is 38.8 Å². The van der Waals surface area contributed by atoms with E-state index < -0.39 is 6.09 Å². The molecule has 0 heterocycles. The number of hydrogen-bond donors (Lipinski definition) is 1. The highest BCUT2D eigenvalue weighted by molar-refractivity contribution is 5.70. The first-order valence-electron chi connectivity index (χ1n) is 5.20. The van der Waals surface area contributed by atoms with Gasteiger partial charge in [0.2, 0.25) is 0 Å². The number of nitrogens with one attached hydrogen (secondary N) is 1. The van der Waals surface area contributed by atoms with Gasteiger partial charge in [-0.25, -0.2) is 4.79 Å². The number of benzene rings is 1. The summed E-state index contributed by atoms with van der Waals surface area (Å²) in [4.78, 5) is 11.2. The molecular weight excluding hydrogens is 204 g/mol. The molecule has 1 rings (SSSR count). The van der Waals surface area contributed by atoms with Gasteiger partial charge < -0.3 is 14.5 Å². The van der Waals surface area contributed by atoms with Crippen LogP contribution in [0.15, 0.2) is 24.3 Å². The van der Waals surface area contributed by atoms with Crippen LogP contribution in [-0.2, 0) is 6.54 Å². The van der Waals surface area contributed by atoms with Gasteiger partial charge in [0.25, 0.3) is 0 Å². The molecule has 0 atom stereocenters. The summed E-state index contributed by atoms with van der Waals surface area (Å²) >= 11 is 0. The topological polar surface area (TPSA) is 38.3 Å². The number of amides is 1. The maximum atomic E-state index is 11.2. The van der Waals surface area contributed by atoms with Crippen molar-refractivity contribution in [1.29, 1.82) is 0 Å². The Kier molecular flexibility index (Phi) is 3.90. The van der Waals surface area contributed by atoms with E-state index in [0.29, 0.717) is 5.75 Å². The number of nitrogens with zero attached hydrogens (tertiary/aromatic N) is 1. The van der Waals surface area contributed by atoms with E-state index in [1.54, 1.807) is 13.1 Å². The van der Waals surface area contributed by atoms with Crippen LogP contribution in [0.4, 0.5) is 4.79 Å². The lowest BCUT2D eigenvalue weighted by Crippen LogP contribution is -2.33. The lowest BCUT2D eigenvalue weighted by molar-refractivity contribution is -0.884. The number of carbonyl (C=O) groups excluding carboxylic acids is 1. The van der Waals surface area contributed by atoms with Gasteiger partial charge in [-0.15, -0.1) is 0 Å². The Morgan fingerprint density at radius 3 is 2.50 bits per heavy atom. The summed E-state index contributed by atoms with van der Waals surface area (Å²) in [5.74, 6) is 0.620. The molecule has 0 aliphatic rings. The molecule has 4 heteroatoms. The van der Waals surface area contributed by atoms with Gasteiger partial charge in [0.15, 0.2) is 0 Å². The number of para-hydroxylation sites is 1. The monoisotopic (exact) mass is 223 g/mol. The Morgan fingerprint density at radius 1 is 1.31 bits per heavy atom. The largest absolute Gasteiger partial charge is 0.412 e. The van der Waals surface area contributed by atoms with Crippen molar-refractivity contribution in [3.05, 3.63) is 29.8 Å². The molecule has 0 aromatic heterocycles. The van der Waals surface area contributed by atoms with Crippen molar-refractivity contribution in [2.45, 2.75) is 6.54 Å². The average molecular weight is 223 g/mol. The van der Waals surface area contributed by atoms with Gasteiger partial charge in [0.1, 0.15) is 12.3 Å². The fraction of sp³-hybridized carbons (Fsp3) is 0.417. The lowest BCUT2D eigenvalue weighted by atomic mass is 10.2. The van der Waals surface area contributed by atoms with Gasteiger partial charge >= 0.3 is 6.09 Å². The van der Waals surface area contributed by atoms with Crippen molar-refractivity contribution in [3.8, 4) is 5.75 Å². The molecule has 0 aliphatic carbocycles. The molecule has 1 N–H and O–H groups in total. The average Bonchev–Trinajstić information content (AvgIpc) is 2.18. The lowest BCUT2D eigenvalue weighted by Gasteiger charge is -2.24. The second-order valence-electron chi connectivity index (χ2n) is 4.70. The maximum Gasteiger partial charge on any atom is 0.412 e. The fourth-order valence-electron chi connectivity index (χ4n) is 1.40. The first-order chi connectivity index (χ1) is 7.42. The second-order valence-corrected chi connectivity index (χ2v) is 4.70. The number of ether oxygens (including phenoxy) is 1. The van der Waals surface area contributed by atoms with Crippen LogP contribution in [0.5, 0.6) is 5.75 Å². The molecule has 0 aliphatic heterocycles. The van der Waals surface area contributed by atoms with Crippen LogP contribution in [0.25, 0.3) is 0 Å². The second kappa shape index (κ2) is 4.99. The maximum absolute atomic E-state index is 11.2. The van der Waals surface area contributed by atoms with E-state index in [0.717, 1.165) is 16.6 Å². The van der Waals surface area contributed by atoms with Crippen molar-refractivity contribution >= 4 is 6.09 Å². The third-order valence-electron chi connectivity index (χ3n) is 2.02. The summed E-state index contributed by atoms with van der Waals surface area (Å²) in [5.41, 5.74) is 1.03. The Bertz CT molecular complexity index is 370. The molecular formula is C12H19N2O2+. The smallest absolute Gasteiger partial charge is 0.410 e. The minimum absolute atomic E-state index is 0.436.